The summed E-state index contributed by atoms with van der Waals surface area (Å²) in [5.41, 5.74) is 3.03. The highest BCUT2D eigenvalue weighted by molar-refractivity contribution is 7.92. The molecular formula is C28H32N2O6S. The van der Waals surface area contributed by atoms with Crippen molar-refractivity contribution in [1.82, 2.24) is 4.90 Å². The van der Waals surface area contributed by atoms with Crippen LogP contribution in [-0.4, -0.2) is 57.4 Å². The molecule has 0 aliphatic carbocycles. The zero-order valence-electron chi connectivity index (χ0n) is 20.5. The second kappa shape index (κ2) is 11.7. The summed E-state index contributed by atoms with van der Waals surface area (Å²) in [6, 6.07) is 23.2. The molecule has 3 atom stereocenters. The largest absolute Gasteiger partial charge is 0.392 e. The predicted octanol–water partition coefficient (Wildman–Crippen LogP) is 3.86. The van der Waals surface area contributed by atoms with E-state index in [9.17, 15) is 13.5 Å². The van der Waals surface area contributed by atoms with Gasteiger partial charge in [0, 0.05) is 37.3 Å². The Labute approximate surface area is 217 Å². The molecule has 0 unspecified atom stereocenters. The summed E-state index contributed by atoms with van der Waals surface area (Å²) in [6.45, 7) is 3.89. The van der Waals surface area contributed by atoms with Gasteiger partial charge in [0.15, 0.2) is 6.29 Å². The average molecular weight is 525 g/mol. The van der Waals surface area contributed by atoms with Gasteiger partial charge in [-0.1, -0.05) is 54.6 Å². The number of rotatable bonds is 8. The van der Waals surface area contributed by atoms with Crippen LogP contribution in [0.25, 0.3) is 0 Å². The highest BCUT2D eigenvalue weighted by atomic mass is 32.2. The molecule has 196 valence electrons. The fourth-order valence-electron chi connectivity index (χ4n) is 4.67. The summed E-state index contributed by atoms with van der Waals surface area (Å²) in [4.78, 5) is 2.54. The van der Waals surface area contributed by atoms with E-state index in [1.54, 1.807) is 48.5 Å². The third-order valence-corrected chi connectivity index (χ3v) is 8.04. The Hall–Kier alpha value is -2.79. The number of benzene rings is 3. The maximum atomic E-state index is 12.8. The number of morpholine rings is 1. The van der Waals surface area contributed by atoms with Crippen LogP contribution in [0.4, 0.5) is 5.69 Å². The summed E-state index contributed by atoms with van der Waals surface area (Å²) < 4.78 is 46.7. The molecule has 3 aromatic carbocycles. The zero-order valence-corrected chi connectivity index (χ0v) is 21.3. The van der Waals surface area contributed by atoms with Gasteiger partial charge in [-0.25, -0.2) is 8.42 Å². The third-order valence-electron chi connectivity index (χ3n) is 6.65. The van der Waals surface area contributed by atoms with Crippen LogP contribution in [0.15, 0.2) is 83.8 Å². The lowest BCUT2D eigenvalue weighted by Gasteiger charge is -2.39. The van der Waals surface area contributed by atoms with E-state index < -0.39 is 16.3 Å². The predicted molar refractivity (Wildman–Crippen MR) is 139 cm³/mol. The fraction of sp³-hybridized carbons (Fsp3) is 0.357. The van der Waals surface area contributed by atoms with Crippen LogP contribution >= 0.6 is 0 Å². The molecule has 2 fully saturated rings. The molecule has 8 nitrogen and oxygen atoms in total. The zero-order chi connectivity index (χ0) is 25.7. The van der Waals surface area contributed by atoms with Gasteiger partial charge in [0.2, 0.25) is 0 Å². The van der Waals surface area contributed by atoms with Gasteiger partial charge in [-0.15, -0.1) is 0 Å². The molecule has 2 aliphatic rings. The first-order valence-corrected chi connectivity index (χ1v) is 14.0. The van der Waals surface area contributed by atoms with E-state index in [0.717, 1.165) is 36.3 Å². The number of hydrogen-bond donors (Lipinski definition) is 2. The van der Waals surface area contributed by atoms with E-state index in [0.29, 0.717) is 25.3 Å². The lowest BCUT2D eigenvalue weighted by molar-refractivity contribution is -0.253. The van der Waals surface area contributed by atoms with Crippen LogP contribution in [0.1, 0.15) is 35.5 Å². The van der Waals surface area contributed by atoms with Gasteiger partial charge in [0.1, 0.15) is 0 Å². The number of aliphatic hydroxyl groups excluding tert-OH is 1. The minimum Gasteiger partial charge on any atom is -0.392 e. The van der Waals surface area contributed by atoms with Crippen LogP contribution in [0.3, 0.4) is 0 Å². The molecule has 2 heterocycles. The van der Waals surface area contributed by atoms with Gasteiger partial charge in [-0.2, -0.15) is 0 Å². The van der Waals surface area contributed by atoms with E-state index in [1.807, 2.05) is 30.3 Å². The van der Waals surface area contributed by atoms with Crippen molar-refractivity contribution in [2.75, 3.05) is 37.6 Å². The molecule has 37 heavy (non-hydrogen) atoms. The molecule has 2 N–H and O–H groups in total. The number of sulfonamides is 1. The van der Waals surface area contributed by atoms with Crippen LogP contribution in [0, 0.1) is 0 Å². The Morgan fingerprint density at radius 2 is 1.65 bits per heavy atom. The summed E-state index contributed by atoms with van der Waals surface area (Å²) in [5, 5.41) is 9.42. The Kier molecular flexibility index (Phi) is 8.19. The standard InChI is InChI=1S/C28H32N2O6S/c31-20-21-9-11-22(12-10-21)27-18-25(19-30-13-15-34-16-14-30)35-28(36-27)23-5-4-6-24(17-23)29-37(32,33)26-7-2-1-3-8-26/h1-12,17,25,27-29,31H,13-16,18-20H2/t25-,27+,28+/m1/s1. The molecule has 9 heteroatoms. The first kappa shape index (κ1) is 25.8. The molecule has 2 saturated heterocycles. The smallest absolute Gasteiger partial charge is 0.261 e. The Balaban J connectivity index is 1.37. The third kappa shape index (κ3) is 6.56. The summed E-state index contributed by atoms with van der Waals surface area (Å²) in [7, 11) is -3.72. The van der Waals surface area contributed by atoms with Crippen molar-refractivity contribution in [2.24, 2.45) is 0 Å². The minimum atomic E-state index is -3.72. The summed E-state index contributed by atoms with van der Waals surface area (Å²) >= 11 is 0. The molecule has 0 radical (unpaired) electrons. The quantitative estimate of drug-likeness (QED) is 0.462. The molecule has 5 rings (SSSR count). The van der Waals surface area contributed by atoms with Gasteiger partial charge in [0.05, 0.1) is 36.9 Å². The molecule has 2 aliphatic heterocycles. The van der Waals surface area contributed by atoms with E-state index in [-0.39, 0.29) is 23.7 Å². The number of hydrogen-bond acceptors (Lipinski definition) is 7. The first-order chi connectivity index (χ1) is 18.0. The van der Waals surface area contributed by atoms with Crippen molar-refractivity contribution in [3.63, 3.8) is 0 Å². The Morgan fingerprint density at radius 1 is 0.892 bits per heavy atom. The molecule has 0 spiro atoms. The minimum absolute atomic E-state index is 0.0110. The van der Waals surface area contributed by atoms with Crippen LogP contribution in [-0.2, 0) is 30.8 Å². The molecule has 0 bridgehead atoms. The van der Waals surface area contributed by atoms with Crippen LogP contribution in [0.2, 0.25) is 0 Å². The van der Waals surface area contributed by atoms with Crippen molar-refractivity contribution in [1.29, 1.82) is 0 Å². The summed E-state index contributed by atoms with van der Waals surface area (Å²) in [6.07, 6.45) is -0.262. The van der Waals surface area contributed by atoms with Crippen molar-refractivity contribution < 1.29 is 27.7 Å². The monoisotopic (exact) mass is 524 g/mol. The van der Waals surface area contributed by atoms with E-state index >= 15 is 0 Å². The van der Waals surface area contributed by atoms with Gasteiger partial charge < -0.3 is 19.3 Å². The molecule has 0 aromatic heterocycles. The highest BCUT2D eigenvalue weighted by Gasteiger charge is 2.33. The molecule has 0 amide bonds. The van der Waals surface area contributed by atoms with Gasteiger partial charge in [0.25, 0.3) is 10.0 Å². The second-order valence-electron chi connectivity index (χ2n) is 9.31. The van der Waals surface area contributed by atoms with E-state index in [1.165, 1.54) is 0 Å². The molecule has 3 aromatic rings. The van der Waals surface area contributed by atoms with Crippen LogP contribution in [0.5, 0.6) is 0 Å². The number of anilines is 1. The van der Waals surface area contributed by atoms with Crippen molar-refractivity contribution in [2.45, 2.75) is 36.4 Å². The highest BCUT2D eigenvalue weighted by Crippen LogP contribution is 2.38. The number of nitrogens with zero attached hydrogens (tertiary/aromatic N) is 1. The normalized spacial score (nSPS) is 23.0. The second-order valence-corrected chi connectivity index (χ2v) is 11.0. The van der Waals surface area contributed by atoms with Gasteiger partial charge >= 0.3 is 0 Å². The SMILES string of the molecule is O=S(=O)(Nc1cccc([C@H]2O[C@@H](CN3CCOCC3)C[C@@H](c3ccc(CO)cc3)O2)c1)c1ccccc1. The lowest BCUT2D eigenvalue weighted by Crippen LogP contribution is -2.44. The maximum Gasteiger partial charge on any atom is 0.261 e. The average Bonchev–Trinajstić information content (AvgIpc) is 2.94. The molecular weight excluding hydrogens is 492 g/mol. The fourth-order valence-corrected chi connectivity index (χ4v) is 5.74. The number of ether oxygens (including phenoxy) is 3. The Bertz CT molecular complexity index is 1260. The topological polar surface area (TPSA) is 97.3 Å². The number of nitrogens with one attached hydrogen (secondary N) is 1. The maximum absolute atomic E-state index is 12.8. The number of aliphatic hydroxyl groups is 1. The lowest BCUT2D eigenvalue weighted by atomic mass is 9.99. The van der Waals surface area contributed by atoms with Crippen molar-refractivity contribution in [3.05, 3.63) is 95.6 Å². The first-order valence-electron chi connectivity index (χ1n) is 12.5. The van der Waals surface area contributed by atoms with Crippen molar-refractivity contribution in [3.8, 4) is 0 Å². The molecule has 0 saturated carbocycles. The van der Waals surface area contributed by atoms with Gasteiger partial charge in [-0.3, -0.25) is 9.62 Å². The Morgan fingerprint density at radius 3 is 2.38 bits per heavy atom. The summed E-state index contributed by atoms with van der Waals surface area (Å²) in [5.74, 6) is 0. The van der Waals surface area contributed by atoms with E-state index in [4.69, 9.17) is 14.2 Å². The van der Waals surface area contributed by atoms with Crippen molar-refractivity contribution >= 4 is 15.7 Å². The van der Waals surface area contributed by atoms with Crippen LogP contribution < -0.4 is 4.72 Å². The van der Waals surface area contributed by atoms with Gasteiger partial charge in [-0.05, 0) is 35.4 Å². The van der Waals surface area contributed by atoms with E-state index in [2.05, 4.69) is 9.62 Å².